The van der Waals surface area contributed by atoms with Crippen LogP contribution in [0, 0.1) is 17.6 Å². The second kappa shape index (κ2) is 8.51. The monoisotopic (exact) mass is 311 g/mol. The van der Waals surface area contributed by atoms with Crippen LogP contribution in [0.2, 0.25) is 0 Å². The molecule has 2 rings (SSSR count). The Balaban J connectivity index is 2.10. The molecule has 2 aromatic rings. The Labute approximate surface area is 137 Å². The number of benzene rings is 2. The van der Waals surface area contributed by atoms with Gasteiger partial charge in [0.15, 0.2) is 0 Å². The van der Waals surface area contributed by atoms with Crippen LogP contribution < -0.4 is 4.74 Å². The third-order valence-electron chi connectivity index (χ3n) is 3.79. The molecule has 0 radical (unpaired) electrons. The number of nitriles is 1. The maximum atomic E-state index is 8.65. The highest BCUT2D eigenvalue weighted by molar-refractivity contribution is 8.03. The molecular weight excluding hydrogens is 290 g/mol. The van der Waals surface area contributed by atoms with E-state index < -0.39 is 0 Å². The molecule has 0 amide bonds. The molecule has 0 aliphatic heterocycles. The maximum Gasteiger partial charge on any atom is 0.133 e. The second-order valence-corrected chi connectivity index (χ2v) is 6.15. The number of para-hydroxylation sites is 1. The van der Waals surface area contributed by atoms with Gasteiger partial charge in [-0.05, 0) is 72.8 Å². The molecule has 0 N–H and O–H groups in total. The number of nitrogens with zero attached hydrogens (tertiary/aromatic N) is 1. The standard InChI is InChI=1S/C19H21NOS/c1-3-16(11-12-22-14-20)19-10-9-18(13-15(19)2)21-17-7-5-4-6-8-17/h4-10,13,16H,3,11-12H2,1-2H3. The number of hydrogen-bond donors (Lipinski definition) is 0. The first-order valence-electron chi connectivity index (χ1n) is 7.59. The van der Waals surface area contributed by atoms with E-state index in [0.29, 0.717) is 5.92 Å². The van der Waals surface area contributed by atoms with E-state index in [0.717, 1.165) is 30.1 Å². The highest BCUT2D eigenvalue weighted by Gasteiger charge is 2.12. The zero-order valence-electron chi connectivity index (χ0n) is 13.1. The van der Waals surface area contributed by atoms with Gasteiger partial charge in [0.05, 0.1) is 0 Å². The van der Waals surface area contributed by atoms with E-state index >= 15 is 0 Å². The number of rotatable bonds is 7. The van der Waals surface area contributed by atoms with Crippen molar-refractivity contribution in [2.75, 3.05) is 5.75 Å². The Morgan fingerprint density at radius 3 is 2.55 bits per heavy atom. The first-order chi connectivity index (χ1) is 10.7. The van der Waals surface area contributed by atoms with Crippen LogP contribution >= 0.6 is 11.8 Å². The third kappa shape index (κ3) is 4.54. The van der Waals surface area contributed by atoms with Gasteiger partial charge in [-0.15, -0.1) is 0 Å². The van der Waals surface area contributed by atoms with Gasteiger partial charge in [0.1, 0.15) is 16.9 Å². The minimum atomic E-state index is 0.506. The summed E-state index contributed by atoms with van der Waals surface area (Å²) in [4.78, 5) is 0. The topological polar surface area (TPSA) is 33.0 Å². The minimum Gasteiger partial charge on any atom is -0.457 e. The van der Waals surface area contributed by atoms with Crippen LogP contribution in [0.3, 0.4) is 0 Å². The summed E-state index contributed by atoms with van der Waals surface area (Å²) in [7, 11) is 0. The van der Waals surface area contributed by atoms with Crippen molar-refractivity contribution < 1.29 is 4.74 Å². The molecule has 0 bridgehead atoms. The van der Waals surface area contributed by atoms with Crippen LogP contribution in [0.25, 0.3) is 0 Å². The summed E-state index contributed by atoms with van der Waals surface area (Å²) in [6.45, 7) is 4.34. The number of ether oxygens (including phenoxy) is 1. The molecule has 0 aliphatic carbocycles. The van der Waals surface area contributed by atoms with E-state index in [4.69, 9.17) is 10.00 Å². The van der Waals surface area contributed by atoms with Crippen LogP contribution in [-0.4, -0.2) is 5.75 Å². The molecule has 1 unspecified atom stereocenters. The Morgan fingerprint density at radius 1 is 1.14 bits per heavy atom. The van der Waals surface area contributed by atoms with Gasteiger partial charge in [-0.25, -0.2) is 0 Å². The summed E-state index contributed by atoms with van der Waals surface area (Å²) in [5.41, 5.74) is 2.61. The van der Waals surface area contributed by atoms with Gasteiger partial charge >= 0.3 is 0 Å². The number of hydrogen-bond acceptors (Lipinski definition) is 3. The van der Waals surface area contributed by atoms with Crippen molar-refractivity contribution in [3.8, 4) is 16.9 Å². The van der Waals surface area contributed by atoms with Crippen molar-refractivity contribution in [3.63, 3.8) is 0 Å². The van der Waals surface area contributed by atoms with E-state index in [2.05, 4.69) is 31.4 Å². The molecule has 3 heteroatoms. The average molecular weight is 311 g/mol. The Morgan fingerprint density at radius 2 is 1.91 bits per heavy atom. The summed E-state index contributed by atoms with van der Waals surface area (Å²) < 4.78 is 5.88. The van der Waals surface area contributed by atoms with Crippen molar-refractivity contribution in [2.24, 2.45) is 0 Å². The highest BCUT2D eigenvalue weighted by atomic mass is 32.2. The molecule has 0 fully saturated rings. The predicted molar refractivity (Wildman–Crippen MR) is 93.4 cm³/mol. The molecule has 114 valence electrons. The lowest BCUT2D eigenvalue weighted by atomic mass is 9.90. The van der Waals surface area contributed by atoms with Crippen molar-refractivity contribution >= 4 is 11.8 Å². The van der Waals surface area contributed by atoms with Gasteiger partial charge in [0.2, 0.25) is 0 Å². The molecular formula is C19H21NOS. The summed E-state index contributed by atoms with van der Waals surface area (Å²) in [5.74, 6) is 3.11. The summed E-state index contributed by atoms with van der Waals surface area (Å²) >= 11 is 1.34. The molecule has 22 heavy (non-hydrogen) atoms. The summed E-state index contributed by atoms with van der Waals surface area (Å²) in [5, 5.41) is 10.8. The lowest BCUT2D eigenvalue weighted by Crippen LogP contribution is -2.01. The van der Waals surface area contributed by atoms with Crippen molar-refractivity contribution in [3.05, 3.63) is 59.7 Å². The molecule has 0 aliphatic rings. The molecule has 1 atom stereocenters. The van der Waals surface area contributed by atoms with Crippen molar-refractivity contribution in [2.45, 2.75) is 32.6 Å². The van der Waals surface area contributed by atoms with Gasteiger partial charge in [-0.2, -0.15) is 5.26 Å². The predicted octanol–water partition coefficient (Wildman–Crippen LogP) is 5.89. The zero-order chi connectivity index (χ0) is 15.8. The van der Waals surface area contributed by atoms with Gasteiger partial charge in [-0.3, -0.25) is 0 Å². The van der Waals surface area contributed by atoms with E-state index in [1.807, 2.05) is 36.4 Å². The normalized spacial score (nSPS) is 11.7. The molecule has 2 aromatic carbocycles. The van der Waals surface area contributed by atoms with Crippen LogP contribution in [0.5, 0.6) is 11.5 Å². The van der Waals surface area contributed by atoms with E-state index in [9.17, 15) is 0 Å². The number of thioether (sulfide) groups is 1. The largest absolute Gasteiger partial charge is 0.457 e. The molecule has 0 saturated carbocycles. The fourth-order valence-corrected chi connectivity index (χ4v) is 3.11. The van der Waals surface area contributed by atoms with Gasteiger partial charge in [0, 0.05) is 5.75 Å². The SMILES string of the molecule is CCC(CCSC#N)c1ccc(Oc2ccccc2)cc1C. The van der Waals surface area contributed by atoms with Crippen molar-refractivity contribution in [1.29, 1.82) is 5.26 Å². The smallest absolute Gasteiger partial charge is 0.133 e. The highest BCUT2D eigenvalue weighted by Crippen LogP contribution is 2.31. The third-order valence-corrected chi connectivity index (χ3v) is 4.35. The van der Waals surface area contributed by atoms with E-state index in [1.54, 1.807) is 0 Å². The maximum absolute atomic E-state index is 8.65. The van der Waals surface area contributed by atoms with Crippen LogP contribution in [-0.2, 0) is 0 Å². The molecule has 0 saturated heterocycles. The van der Waals surface area contributed by atoms with Gasteiger partial charge in [0.25, 0.3) is 0 Å². The zero-order valence-corrected chi connectivity index (χ0v) is 13.9. The Kier molecular flexibility index (Phi) is 6.36. The van der Waals surface area contributed by atoms with Crippen molar-refractivity contribution in [1.82, 2.24) is 0 Å². The first kappa shape index (κ1) is 16.5. The fraction of sp³-hybridized carbons (Fsp3) is 0.316. The molecule has 2 nitrogen and oxygen atoms in total. The van der Waals surface area contributed by atoms with E-state index in [1.165, 1.54) is 22.9 Å². The quantitative estimate of drug-likeness (QED) is 0.472. The first-order valence-corrected chi connectivity index (χ1v) is 8.57. The summed E-state index contributed by atoms with van der Waals surface area (Å²) in [6.07, 6.45) is 2.13. The minimum absolute atomic E-state index is 0.506. The number of aryl methyl sites for hydroxylation is 1. The summed E-state index contributed by atoms with van der Waals surface area (Å²) in [6, 6.07) is 16.1. The van der Waals surface area contributed by atoms with Crippen LogP contribution in [0.1, 0.15) is 36.8 Å². The average Bonchev–Trinajstić information content (AvgIpc) is 2.54. The Hall–Kier alpha value is -1.92. The molecule has 0 heterocycles. The molecule has 0 spiro atoms. The van der Waals surface area contributed by atoms with Crippen LogP contribution in [0.15, 0.2) is 48.5 Å². The second-order valence-electron chi connectivity index (χ2n) is 5.27. The molecule has 0 aromatic heterocycles. The number of thiocyanates is 1. The lowest BCUT2D eigenvalue weighted by molar-refractivity contribution is 0.481. The Bertz CT molecular complexity index is 634. The van der Waals surface area contributed by atoms with Gasteiger partial charge < -0.3 is 4.74 Å². The fourth-order valence-electron chi connectivity index (χ4n) is 2.62. The van der Waals surface area contributed by atoms with Crippen LogP contribution in [0.4, 0.5) is 0 Å². The lowest BCUT2D eigenvalue weighted by Gasteiger charge is -2.18. The van der Waals surface area contributed by atoms with Gasteiger partial charge in [-0.1, -0.05) is 31.2 Å². The van der Waals surface area contributed by atoms with E-state index in [-0.39, 0.29) is 0 Å².